The largest absolute Gasteiger partial charge is 0.493 e. The number of ether oxygens (including phenoxy) is 1. The predicted molar refractivity (Wildman–Crippen MR) is 78.6 cm³/mol. The molecule has 0 spiro atoms. The summed E-state index contributed by atoms with van der Waals surface area (Å²) in [7, 11) is 0. The van der Waals surface area contributed by atoms with E-state index in [0.717, 1.165) is 22.9 Å². The van der Waals surface area contributed by atoms with Crippen LogP contribution in [0.25, 0.3) is 0 Å². The lowest BCUT2D eigenvalue weighted by atomic mass is 9.94. The fraction of sp³-hybridized carbons (Fsp3) is 0.600. The molecule has 0 amide bonds. The highest BCUT2D eigenvalue weighted by atomic mass is 35.5. The van der Waals surface area contributed by atoms with Crippen molar-refractivity contribution in [3.8, 4) is 5.75 Å². The molecule has 3 heteroatoms. The highest BCUT2D eigenvalue weighted by Gasteiger charge is 2.19. The number of rotatable bonds is 6. The molecule has 0 aromatic heterocycles. The molecule has 0 aliphatic heterocycles. The van der Waals surface area contributed by atoms with Crippen LogP contribution in [0.1, 0.15) is 33.3 Å². The monoisotopic (exact) mass is 269 g/mol. The third-order valence-corrected chi connectivity index (χ3v) is 3.17. The number of hydrogen-bond donors (Lipinski definition) is 1. The number of hydrogen-bond acceptors (Lipinski definition) is 2. The molecule has 0 fully saturated rings. The summed E-state index contributed by atoms with van der Waals surface area (Å²) in [6.07, 6.45) is 0. The van der Waals surface area contributed by atoms with Crippen molar-refractivity contribution in [3.05, 3.63) is 28.8 Å². The lowest BCUT2D eigenvalue weighted by Crippen LogP contribution is -2.37. The Morgan fingerprint density at radius 2 is 2.00 bits per heavy atom. The van der Waals surface area contributed by atoms with Gasteiger partial charge in [0, 0.05) is 23.0 Å². The van der Waals surface area contributed by atoms with Gasteiger partial charge in [0.2, 0.25) is 0 Å². The molecule has 0 saturated carbocycles. The number of aryl methyl sites for hydroxylation is 1. The SMILES string of the molecule is Cc1cc(OCC(C)(C)CNC(C)C)ccc1Cl. The maximum Gasteiger partial charge on any atom is 0.119 e. The average molecular weight is 270 g/mol. The van der Waals surface area contributed by atoms with E-state index in [0.29, 0.717) is 12.6 Å². The van der Waals surface area contributed by atoms with Gasteiger partial charge in [-0.25, -0.2) is 0 Å². The van der Waals surface area contributed by atoms with E-state index >= 15 is 0 Å². The van der Waals surface area contributed by atoms with E-state index in [-0.39, 0.29) is 5.41 Å². The molecule has 1 aromatic carbocycles. The molecule has 0 saturated heterocycles. The van der Waals surface area contributed by atoms with Gasteiger partial charge in [0.15, 0.2) is 0 Å². The standard InChI is InChI=1S/C15H24ClNO/c1-11(2)17-9-15(4,5)10-18-13-6-7-14(16)12(3)8-13/h6-8,11,17H,9-10H2,1-5H3. The summed E-state index contributed by atoms with van der Waals surface area (Å²) in [5.74, 6) is 0.884. The molecule has 1 N–H and O–H groups in total. The van der Waals surface area contributed by atoms with E-state index < -0.39 is 0 Å². The minimum atomic E-state index is 0.109. The minimum absolute atomic E-state index is 0.109. The summed E-state index contributed by atoms with van der Waals surface area (Å²) in [6.45, 7) is 12.3. The molecular weight excluding hydrogens is 246 g/mol. The lowest BCUT2D eigenvalue weighted by Gasteiger charge is -2.26. The summed E-state index contributed by atoms with van der Waals surface area (Å²) < 4.78 is 5.84. The zero-order valence-corrected chi connectivity index (χ0v) is 12.8. The first kappa shape index (κ1) is 15.3. The molecule has 0 aliphatic rings. The van der Waals surface area contributed by atoms with Crippen molar-refractivity contribution in [1.29, 1.82) is 0 Å². The molecule has 1 aromatic rings. The molecule has 102 valence electrons. The van der Waals surface area contributed by atoms with Crippen LogP contribution in [-0.2, 0) is 0 Å². The number of nitrogens with one attached hydrogen (secondary N) is 1. The maximum atomic E-state index is 5.99. The van der Waals surface area contributed by atoms with Crippen LogP contribution in [-0.4, -0.2) is 19.2 Å². The van der Waals surface area contributed by atoms with Crippen LogP contribution in [0.5, 0.6) is 5.75 Å². The van der Waals surface area contributed by atoms with E-state index in [9.17, 15) is 0 Å². The first-order chi connectivity index (χ1) is 8.30. The number of benzene rings is 1. The second-order valence-electron chi connectivity index (χ2n) is 5.90. The Balaban J connectivity index is 2.50. The smallest absolute Gasteiger partial charge is 0.119 e. The zero-order valence-electron chi connectivity index (χ0n) is 12.0. The summed E-state index contributed by atoms with van der Waals surface area (Å²) in [5, 5.41) is 4.22. The van der Waals surface area contributed by atoms with Gasteiger partial charge in [-0.3, -0.25) is 0 Å². The summed E-state index contributed by atoms with van der Waals surface area (Å²) in [6, 6.07) is 6.28. The van der Waals surface area contributed by atoms with Crippen LogP contribution in [0.4, 0.5) is 0 Å². The molecule has 0 bridgehead atoms. The molecule has 0 heterocycles. The van der Waals surface area contributed by atoms with Gasteiger partial charge in [-0.2, -0.15) is 0 Å². The van der Waals surface area contributed by atoms with Crippen molar-refractivity contribution in [2.75, 3.05) is 13.2 Å². The van der Waals surface area contributed by atoms with Gasteiger partial charge in [0.1, 0.15) is 5.75 Å². The molecule has 0 unspecified atom stereocenters. The number of halogens is 1. The minimum Gasteiger partial charge on any atom is -0.493 e. The van der Waals surface area contributed by atoms with Crippen molar-refractivity contribution in [2.24, 2.45) is 5.41 Å². The Hall–Kier alpha value is -0.730. The summed E-state index contributed by atoms with van der Waals surface area (Å²) in [5.41, 5.74) is 1.16. The Kier molecular flexibility index (Phi) is 5.48. The van der Waals surface area contributed by atoms with Crippen LogP contribution in [0.15, 0.2) is 18.2 Å². The molecule has 1 rings (SSSR count). The van der Waals surface area contributed by atoms with Crippen molar-refractivity contribution >= 4 is 11.6 Å². The third kappa shape index (κ3) is 5.28. The normalized spacial score (nSPS) is 11.9. The van der Waals surface area contributed by atoms with Crippen molar-refractivity contribution < 1.29 is 4.74 Å². The quantitative estimate of drug-likeness (QED) is 0.841. The van der Waals surface area contributed by atoms with Crippen LogP contribution in [0.3, 0.4) is 0 Å². The van der Waals surface area contributed by atoms with E-state index in [4.69, 9.17) is 16.3 Å². The van der Waals surface area contributed by atoms with Crippen molar-refractivity contribution in [3.63, 3.8) is 0 Å². The highest BCUT2D eigenvalue weighted by Crippen LogP contribution is 2.23. The molecular formula is C15H24ClNO. The average Bonchev–Trinajstić information content (AvgIpc) is 2.28. The van der Waals surface area contributed by atoms with Gasteiger partial charge in [0.05, 0.1) is 6.61 Å². The van der Waals surface area contributed by atoms with E-state index in [1.807, 2.05) is 25.1 Å². The fourth-order valence-corrected chi connectivity index (χ4v) is 1.63. The Morgan fingerprint density at radius 3 is 2.56 bits per heavy atom. The van der Waals surface area contributed by atoms with Gasteiger partial charge < -0.3 is 10.1 Å². The van der Waals surface area contributed by atoms with Crippen molar-refractivity contribution in [2.45, 2.75) is 40.7 Å². The van der Waals surface area contributed by atoms with Gasteiger partial charge in [-0.1, -0.05) is 39.3 Å². The Labute approximate surface area is 116 Å². The molecule has 0 aliphatic carbocycles. The molecule has 0 radical (unpaired) electrons. The predicted octanol–water partition coefficient (Wildman–Crippen LogP) is 4.05. The van der Waals surface area contributed by atoms with E-state index in [1.165, 1.54) is 0 Å². The van der Waals surface area contributed by atoms with Crippen LogP contribution in [0, 0.1) is 12.3 Å². The van der Waals surface area contributed by atoms with Gasteiger partial charge in [-0.05, 0) is 30.7 Å². The maximum absolute atomic E-state index is 5.99. The Bertz CT molecular complexity index is 388. The highest BCUT2D eigenvalue weighted by molar-refractivity contribution is 6.31. The summed E-state index contributed by atoms with van der Waals surface area (Å²) in [4.78, 5) is 0. The molecule has 0 atom stereocenters. The van der Waals surface area contributed by atoms with Gasteiger partial charge in [0.25, 0.3) is 0 Å². The second-order valence-corrected chi connectivity index (χ2v) is 6.31. The first-order valence-corrected chi connectivity index (χ1v) is 6.80. The summed E-state index contributed by atoms with van der Waals surface area (Å²) >= 11 is 5.99. The Morgan fingerprint density at radius 1 is 1.33 bits per heavy atom. The van der Waals surface area contributed by atoms with E-state index in [2.05, 4.69) is 33.0 Å². The van der Waals surface area contributed by atoms with Gasteiger partial charge >= 0.3 is 0 Å². The van der Waals surface area contributed by atoms with Crippen LogP contribution >= 0.6 is 11.6 Å². The molecule has 2 nitrogen and oxygen atoms in total. The zero-order chi connectivity index (χ0) is 13.8. The fourth-order valence-electron chi connectivity index (χ4n) is 1.52. The van der Waals surface area contributed by atoms with E-state index in [1.54, 1.807) is 0 Å². The van der Waals surface area contributed by atoms with Crippen molar-refractivity contribution in [1.82, 2.24) is 5.32 Å². The first-order valence-electron chi connectivity index (χ1n) is 6.42. The van der Waals surface area contributed by atoms with Crippen LogP contribution in [0.2, 0.25) is 5.02 Å². The second kappa shape index (κ2) is 6.44. The molecule has 18 heavy (non-hydrogen) atoms. The topological polar surface area (TPSA) is 21.3 Å². The third-order valence-electron chi connectivity index (χ3n) is 2.75. The van der Waals surface area contributed by atoms with Crippen LogP contribution < -0.4 is 10.1 Å². The van der Waals surface area contributed by atoms with Gasteiger partial charge in [-0.15, -0.1) is 0 Å². The lowest BCUT2D eigenvalue weighted by molar-refractivity contribution is 0.173.